The lowest BCUT2D eigenvalue weighted by atomic mass is 9.55. The predicted molar refractivity (Wildman–Crippen MR) is 155 cm³/mol. The van der Waals surface area contributed by atoms with Crippen molar-refractivity contribution in [1.82, 2.24) is 0 Å². The summed E-state index contributed by atoms with van der Waals surface area (Å²) in [7, 11) is 0. The minimum absolute atomic E-state index is 0.759. The van der Waals surface area contributed by atoms with Crippen molar-refractivity contribution >= 4 is 0 Å². The van der Waals surface area contributed by atoms with Crippen LogP contribution in [0.5, 0.6) is 0 Å². The molecule has 0 heterocycles. The molecular weight excluding hydrogens is 420 g/mol. The molecule has 0 bridgehead atoms. The lowest BCUT2D eigenvalue weighted by Crippen LogP contribution is -2.39. The molecule has 4 aliphatic rings. The summed E-state index contributed by atoms with van der Waals surface area (Å²) in [5, 5.41) is 0. The van der Waals surface area contributed by atoms with Gasteiger partial charge in [-0.05, 0) is 92.3 Å². The summed E-state index contributed by atoms with van der Waals surface area (Å²) >= 11 is 0. The third-order valence-electron chi connectivity index (χ3n) is 12.0. The fourth-order valence-corrected chi connectivity index (χ4v) is 9.68. The maximum atomic E-state index is 2.37. The highest BCUT2D eigenvalue weighted by atomic mass is 14.5. The van der Waals surface area contributed by atoms with Crippen molar-refractivity contribution < 1.29 is 0 Å². The Hall–Kier alpha value is 0. The van der Waals surface area contributed by atoms with Gasteiger partial charge in [-0.1, -0.05) is 129 Å². The average Bonchev–Trinajstić information content (AvgIpc) is 2.91. The Morgan fingerprint density at radius 1 is 0.486 bits per heavy atom. The molecule has 35 heavy (non-hydrogen) atoms. The van der Waals surface area contributed by atoms with E-state index in [1.165, 1.54) is 51.4 Å². The first-order valence-electron chi connectivity index (χ1n) is 17.2. The predicted octanol–water partition coefficient (Wildman–Crippen LogP) is 11.9. The van der Waals surface area contributed by atoms with Gasteiger partial charge in [0.15, 0.2) is 0 Å². The van der Waals surface area contributed by atoms with Crippen LogP contribution >= 0.6 is 0 Å². The van der Waals surface area contributed by atoms with Gasteiger partial charge in [-0.15, -0.1) is 0 Å². The lowest BCUT2D eigenvalue weighted by molar-refractivity contribution is 0.0102. The van der Waals surface area contributed by atoms with Crippen LogP contribution in [-0.2, 0) is 0 Å². The number of hydrogen-bond donors (Lipinski definition) is 0. The van der Waals surface area contributed by atoms with E-state index in [1.807, 2.05) is 0 Å². The molecule has 0 nitrogen and oxygen atoms in total. The second-order valence-corrected chi connectivity index (χ2v) is 14.5. The maximum absolute atomic E-state index is 2.37. The highest BCUT2D eigenvalue weighted by Crippen LogP contribution is 2.55. The Morgan fingerprint density at radius 2 is 1.00 bits per heavy atom. The van der Waals surface area contributed by atoms with Crippen LogP contribution in [0.3, 0.4) is 0 Å². The van der Waals surface area contributed by atoms with Gasteiger partial charge in [0, 0.05) is 0 Å². The van der Waals surface area contributed by atoms with Crippen LogP contribution in [0, 0.1) is 40.9 Å². The van der Waals surface area contributed by atoms with Gasteiger partial charge in [-0.2, -0.15) is 0 Å². The molecule has 4 aliphatic carbocycles. The first-order valence-corrected chi connectivity index (χ1v) is 17.2. The van der Waals surface area contributed by atoms with Crippen LogP contribution in [0.2, 0.25) is 0 Å². The molecular formula is C35H64. The van der Waals surface area contributed by atoms with Gasteiger partial charge in [0.2, 0.25) is 0 Å². The maximum Gasteiger partial charge on any atom is -0.0266 e. The van der Waals surface area contributed by atoms with Crippen LogP contribution in [-0.4, -0.2) is 0 Å². The summed E-state index contributed by atoms with van der Waals surface area (Å²) in [5.74, 6) is 6.50. The smallest absolute Gasteiger partial charge is 0.0266 e. The molecule has 204 valence electrons. The normalized spacial score (nSPS) is 37.4. The van der Waals surface area contributed by atoms with Gasteiger partial charge in [0.25, 0.3) is 0 Å². The molecule has 0 amide bonds. The Balaban J connectivity index is 1.24. The van der Waals surface area contributed by atoms with Crippen LogP contribution in [0.4, 0.5) is 0 Å². The van der Waals surface area contributed by atoms with Crippen molar-refractivity contribution in [3.63, 3.8) is 0 Å². The van der Waals surface area contributed by atoms with E-state index in [0.717, 1.165) is 40.9 Å². The van der Waals surface area contributed by atoms with E-state index in [-0.39, 0.29) is 0 Å². The fourth-order valence-electron chi connectivity index (χ4n) is 9.68. The molecule has 0 radical (unpaired) electrons. The van der Waals surface area contributed by atoms with Crippen molar-refractivity contribution in [2.75, 3.05) is 0 Å². The average molecular weight is 485 g/mol. The van der Waals surface area contributed by atoms with E-state index in [9.17, 15) is 0 Å². The van der Waals surface area contributed by atoms with Gasteiger partial charge >= 0.3 is 0 Å². The van der Waals surface area contributed by atoms with E-state index in [0.29, 0.717) is 0 Å². The van der Waals surface area contributed by atoms with E-state index in [1.54, 1.807) is 116 Å². The molecule has 0 N–H and O–H groups in total. The third-order valence-corrected chi connectivity index (χ3v) is 12.0. The minimum Gasteiger partial charge on any atom is -0.0654 e. The summed E-state index contributed by atoms with van der Waals surface area (Å²) in [6.45, 7) is 4.72. The SMILES string of the molecule is CCCCC[C@H]1CC[C@H](C[C@H]2CC[C@](C[C@H]3CC[C@H](CCCC)CC3)(C3CCCCC3)CC2)CC1. The monoisotopic (exact) mass is 485 g/mol. The first-order chi connectivity index (χ1) is 17.2. The molecule has 0 aromatic carbocycles. The van der Waals surface area contributed by atoms with Crippen molar-refractivity contribution in [2.45, 2.75) is 181 Å². The molecule has 0 heteroatoms. The largest absolute Gasteiger partial charge is 0.0654 e. The molecule has 4 fully saturated rings. The highest BCUT2D eigenvalue weighted by Gasteiger charge is 2.44. The van der Waals surface area contributed by atoms with E-state index in [4.69, 9.17) is 0 Å². The van der Waals surface area contributed by atoms with Gasteiger partial charge < -0.3 is 0 Å². The first kappa shape index (κ1) is 28.0. The molecule has 0 aromatic heterocycles. The summed E-state index contributed by atoms with van der Waals surface area (Å²) in [5.41, 5.74) is 0.759. The topological polar surface area (TPSA) is 0 Å². The molecule has 0 unspecified atom stereocenters. The van der Waals surface area contributed by atoms with Gasteiger partial charge in [0.1, 0.15) is 0 Å². The summed E-state index contributed by atoms with van der Waals surface area (Å²) in [6, 6.07) is 0. The van der Waals surface area contributed by atoms with Gasteiger partial charge in [0.05, 0.1) is 0 Å². The minimum atomic E-state index is 0.759. The molecule has 0 aromatic rings. The Kier molecular flexibility index (Phi) is 11.9. The van der Waals surface area contributed by atoms with Crippen LogP contribution in [0.1, 0.15) is 181 Å². The van der Waals surface area contributed by atoms with E-state index in [2.05, 4.69) is 13.8 Å². The molecule has 0 spiro atoms. The van der Waals surface area contributed by atoms with Crippen LogP contribution < -0.4 is 0 Å². The van der Waals surface area contributed by atoms with Crippen molar-refractivity contribution in [3.05, 3.63) is 0 Å². The molecule has 4 saturated carbocycles. The molecule has 0 saturated heterocycles. The number of hydrogen-bond acceptors (Lipinski definition) is 0. The zero-order chi connectivity index (χ0) is 24.3. The highest BCUT2D eigenvalue weighted by molar-refractivity contribution is 4.95. The molecule has 4 rings (SSSR count). The number of unbranched alkanes of at least 4 members (excludes halogenated alkanes) is 3. The second-order valence-electron chi connectivity index (χ2n) is 14.5. The summed E-state index contributed by atoms with van der Waals surface area (Å²) in [6.07, 6.45) is 40.3. The van der Waals surface area contributed by atoms with E-state index < -0.39 is 0 Å². The third kappa shape index (κ3) is 8.50. The molecule has 0 aliphatic heterocycles. The van der Waals surface area contributed by atoms with Crippen LogP contribution in [0.25, 0.3) is 0 Å². The van der Waals surface area contributed by atoms with Gasteiger partial charge in [-0.3, -0.25) is 0 Å². The van der Waals surface area contributed by atoms with Crippen molar-refractivity contribution in [3.8, 4) is 0 Å². The van der Waals surface area contributed by atoms with Crippen molar-refractivity contribution in [2.24, 2.45) is 40.9 Å². The van der Waals surface area contributed by atoms with Crippen LogP contribution in [0.15, 0.2) is 0 Å². The number of rotatable bonds is 12. The zero-order valence-electron chi connectivity index (χ0n) is 24.3. The van der Waals surface area contributed by atoms with Gasteiger partial charge in [-0.25, -0.2) is 0 Å². The zero-order valence-corrected chi connectivity index (χ0v) is 24.3. The van der Waals surface area contributed by atoms with Crippen molar-refractivity contribution in [1.29, 1.82) is 0 Å². The summed E-state index contributed by atoms with van der Waals surface area (Å²) in [4.78, 5) is 0. The lowest BCUT2D eigenvalue weighted by Gasteiger charge is -2.50. The standard InChI is InChI=1S/C35H64/c1-3-5-8-12-30-15-19-31(20-16-30)27-32-23-25-35(26-24-32,34-13-9-7-10-14-34)28-33-21-17-29(18-22-33)11-6-4-2/h29-34H,3-28H2,1-2H3/t29-,30-,31-,32-,33-,35-. The fraction of sp³-hybridized carbons (Fsp3) is 1.00. The quantitative estimate of drug-likeness (QED) is 0.241. The molecule has 0 atom stereocenters. The Bertz CT molecular complexity index is 532. The Morgan fingerprint density at radius 3 is 1.60 bits per heavy atom. The second kappa shape index (κ2) is 14.8. The van der Waals surface area contributed by atoms with E-state index >= 15 is 0 Å². The summed E-state index contributed by atoms with van der Waals surface area (Å²) < 4.78 is 0. The Labute approximate surface area is 221 Å².